The van der Waals surface area contributed by atoms with Gasteiger partial charge in [0.25, 0.3) is 0 Å². The molecule has 6 heteroatoms. The van der Waals surface area contributed by atoms with Crippen molar-refractivity contribution in [3.8, 4) is 0 Å². The number of fused-ring (bicyclic) bond motifs is 1. The number of aryl methyl sites for hydroxylation is 1. The van der Waals surface area contributed by atoms with E-state index in [-0.39, 0.29) is 23.6 Å². The highest BCUT2D eigenvalue weighted by atomic mass is 16.2. The molecule has 0 saturated carbocycles. The standard InChI is InChI=1S/C23H30N4O2/c1-2-12-25-14-20-15-27(21(28)16-26-13-6-11-24-22(26)29)18-23(20,17-25)10-9-19-7-4-3-5-8-19/h3-8,11,13,20H,2,9-10,12,14-18H2,1H3. The quantitative estimate of drug-likeness (QED) is 0.721. The zero-order valence-electron chi connectivity index (χ0n) is 17.2. The number of hydrogen-bond donors (Lipinski definition) is 0. The van der Waals surface area contributed by atoms with Crippen molar-refractivity contribution < 1.29 is 4.79 Å². The van der Waals surface area contributed by atoms with Gasteiger partial charge in [-0.05, 0) is 43.4 Å². The number of likely N-dealkylation sites (tertiary alicyclic amines) is 2. The Bertz CT molecular complexity index is 897. The van der Waals surface area contributed by atoms with Gasteiger partial charge < -0.3 is 9.80 Å². The van der Waals surface area contributed by atoms with Gasteiger partial charge in [-0.15, -0.1) is 0 Å². The van der Waals surface area contributed by atoms with E-state index < -0.39 is 0 Å². The van der Waals surface area contributed by atoms with Crippen molar-refractivity contribution in [2.45, 2.75) is 32.7 Å². The number of rotatable bonds is 7. The Labute approximate surface area is 172 Å². The Morgan fingerprint density at radius 3 is 2.76 bits per heavy atom. The van der Waals surface area contributed by atoms with Crippen LogP contribution >= 0.6 is 0 Å². The normalized spacial score (nSPS) is 24.0. The molecule has 3 heterocycles. The number of nitrogens with zero attached hydrogens (tertiary/aromatic N) is 4. The van der Waals surface area contributed by atoms with Crippen LogP contribution in [0.3, 0.4) is 0 Å². The van der Waals surface area contributed by atoms with Crippen LogP contribution in [-0.4, -0.2) is 58.0 Å². The van der Waals surface area contributed by atoms with Crippen molar-refractivity contribution in [3.05, 3.63) is 64.8 Å². The molecule has 0 radical (unpaired) electrons. The van der Waals surface area contributed by atoms with Gasteiger partial charge in [0.15, 0.2) is 0 Å². The van der Waals surface area contributed by atoms with Crippen LogP contribution in [0.1, 0.15) is 25.3 Å². The topological polar surface area (TPSA) is 58.4 Å². The van der Waals surface area contributed by atoms with Crippen molar-refractivity contribution in [1.29, 1.82) is 0 Å². The van der Waals surface area contributed by atoms with Crippen LogP contribution in [0, 0.1) is 11.3 Å². The predicted molar refractivity (Wildman–Crippen MR) is 112 cm³/mol. The van der Waals surface area contributed by atoms with Gasteiger partial charge in [-0.3, -0.25) is 9.36 Å². The summed E-state index contributed by atoms with van der Waals surface area (Å²) in [6.07, 6.45) is 6.40. The first-order chi connectivity index (χ1) is 14.1. The molecule has 2 fully saturated rings. The number of carbonyl (C=O) groups excluding carboxylic acids is 1. The van der Waals surface area contributed by atoms with E-state index in [0.717, 1.165) is 52.0 Å². The number of carbonyl (C=O) groups is 1. The second-order valence-electron chi connectivity index (χ2n) is 8.58. The van der Waals surface area contributed by atoms with Crippen LogP contribution < -0.4 is 5.69 Å². The number of aromatic nitrogens is 2. The minimum absolute atomic E-state index is 0.0237. The Morgan fingerprint density at radius 1 is 1.17 bits per heavy atom. The molecule has 0 aliphatic carbocycles. The molecule has 2 aliphatic rings. The first-order valence-electron chi connectivity index (χ1n) is 10.7. The van der Waals surface area contributed by atoms with E-state index in [2.05, 4.69) is 47.1 Å². The van der Waals surface area contributed by atoms with Gasteiger partial charge >= 0.3 is 5.69 Å². The maximum absolute atomic E-state index is 12.9. The van der Waals surface area contributed by atoms with E-state index in [9.17, 15) is 9.59 Å². The Kier molecular flexibility index (Phi) is 5.81. The van der Waals surface area contributed by atoms with Gasteiger partial charge in [-0.25, -0.2) is 9.78 Å². The summed E-state index contributed by atoms with van der Waals surface area (Å²) in [5, 5.41) is 0. The summed E-state index contributed by atoms with van der Waals surface area (Å²) >= 11 is 0. The predicted octanol–water partition coefficient (Wildman–Crippen LogP) is 2.05. The smallest absolute Gasteiger partial charge is 0.340 e. The summed E-state index contributed by atoms with van der Waals surface area (Å²) in [6, 6.07) is 12.3. The van der Waals surface area contributed by atoms with Gasteiger partial charge in [0, 0.05) is 44.0 Å². The lowest BCUT2D eigenvalue weighted by atomic mass is 9.76. The van der Waals surface area contributed by atoms with Crippen LogP contribution in [-0.2, 0) is 17.8 Å². The van der Waals surface area contributed by atoms with Crippen LogP contribution in [0.2, 0.25) is 0 Å². The van der Waals surface area contributed by atoms with Crippen molar-refractivity contribution >= 4 is 5.91 Å². The molecule has 2 atom stereocenters. The maximum atomic E-state index is 12.9. The third kappa shape index (κ3) is 4.27. The molecular formula is C23H30N4O2. The highest BCUT2D eigenvalue weighted by Crippen LogP contribution is 2.45. The molecule has 2 saturated heterocycles. The second kappa shape index (κ2) is 8.49. The van der Waals surface area contributed by atoms with Crippen LogP contribution in [0.25, 0.3) is 0 Å². The molecular weight excluding hydrogens is 364 g/mol. The zero-order chi connectivity index (χ0) is 20.3. The summed E-state index contributed by atoms with van der Waals surface area (Å²) in [5.41, 5.74) is 1.15. The largest absolute Gasteiger partial charge is 0.347 e. The second-order valence-corrected chi connectivity index (χ2v) is 8.58. The minimum Gasteiger partial charge on any atom is -0.340 e. The Morgan fingerprint density at radius 2 is 2.00 bits per heavy atom. The van der Waals surface area contributed by atoms with E-state index in [1.54, 1.807) is 12.3 Å². The molecule has 2 aromatic rings. The van der Waals surface area contributed by atoms with Gasteiger partial charge in [0.2, 0.25) is 5.91 Å². The van der Waals surface area contributed by atoms with Gasteiger partial charge in [0.05, 0.1) is 0 Å². The van der Waals surface area contributed by atoms with E-state index in [1.165, 1.54) is 16.3 Å². The molecule has 154 valence electrons. The number of hydrogen-bond acceptors (Lipinski definition) is 4. The lowest BCUT2D eigenvalue weighted by Crippen LogP contribution is -2.40. The highest BCUT2D eigenvalue weighted by Gasteiger charge is 2.52. The molecule has 2 unspecified atom stereocenters. The van der Waals surface area contributed by atoms with Gasteiger partial charge in [0.1, 0.15) is 6.54 Å². The fraction of sp³-hybridized carbons (Fsp3) is 0.522. The average Bonchev–Trinajstić information content (AvgIpc) is 3.23. The number of benzene rings is 1. The third-order valence-electron chi connectivity index (χ3n) is 6.56. The summed E-state index contributed by atoms with van der Waals surface area (Å²) in [4.78, 5) is 33.1. The van der Waals surface area contributed by atoms with Crippen molar-refractivity contribution in [2.24, 2.45) is 11.3 Å². The molecule has 0 bridgehead atoms. The zero-order valence-corrected chi connectivity index (χ0v) is 17.2. The first-order valence-corrected chi connectivity index (χ1v) is 10.7. The SMILES string of the molecule is CCCN1CC2CN(C(=O)Cn3cccnc3=O)CC2(CCc2ccccc2)C1. The fourth-order valence-electron chi connectivity index (χ4n) is 5.12. The maximum Gasteiger partial charge on any atom is 0.347 e. The molecule has 1 aromatic carbocycles. The molecule has 1 aromatic heterocycles. The molecule has 29 heavy (non-hydrogen) atoms. The lowest BCUT2D eigenvalue weighted by Gasteiger charge is -2.30. The minimum atomic E-state index is -0.367. The summed E-state index contributed by atoms with van der Waals surface area (Å²) in [5.74, 6) is 0.531. The van der Waals surface area contributed by atoms with E-state index in [1.807, 2.05) is 4.90 Å². The Balaban J connectivity index is 1.47. The summed E-state index contributed by atoms with van der Waals surface area (Å²) < 4.78 is 1.40. The van der Waals surface area contributed by atoms with E-state index in [4.69, 9.17) is 0 Å². The van der Waals surface area contributed by atoms with Crippen molar-refractivity contribution in [2.75, 3.05) is 32.7 Å². The molecule has 2 aliphatic heterocycles. The average molecular weight is 395 g/mol. The number of amides is 1. The molecule has 0 spiro atoms. The van der Waals surface area contributed by atoms with Crippen LogP contribution in [0.15, 0.2) is 53.6 Å². The molecule has 6 nitrogen and oxygen atoms in total. The first kappa shape index (κ1) is 19.8. The van der Waals surface area contributed by atoms with E-state index >= 15 is 0 Å². The Hall–Kier alpha value is -2.47. The monoisotopic (exact) mass is 394 g/mol. The van der Waals surface area contributed by atoms with Crippen molar-refractivity contribution in [1.82, 2.24) is 19.4 Å². The lowest BCUT2D eigenvalue weighted by molar-refractivity contribution is -0.131. The third-order valence-corrected chi connectivity index (χ3v) is 6.56. The molecule has 0 N–H and O–H groups in total. The van der Waals surface area contributed by atoms with Crippen LogP contribution in [0.4, 0.5) is 0 Å². The summed E-state index contributed by atoms with van der Waals surface area (Å²) in [6.45, 7) is 7.15. The fourth-order valence-corrected chi connectivity index (χ4v) is 5.12. The van der Waals surface area contributed by atoms with E-state index in [0.29, 0.717) is 5.92 Å². The summed E-state index contributed by atoms with van der Waals surface area (Å²) in [7, 11) is 0. The van der Waals surface area contributed by atoms with Gasteiger partial charge in [-0.1, -0.05) is 37.3 Å². The van der Waals surface area contributed by atoms with Gasteiger partial charge in [-0.2, -0.15) is 0 Å². The molecule has 1 amide bonds. The highest BCUT2D eigenvalue weighted by molar-refractivity contribution is 5.76. The van der Waals surface area contributed by atoms with Crippen LogP contribution in [0.5, 0.6) is 0 Å². The van der Waals surface area contributed by atoms with Crippen molar-refractivity contribution in [3.63, 3.8) is 0 Å². The molecule has 4 rings (SSSR count).